The van der Waals surface area contributed by atoms with Crippen molar-refractivity contribution in [1.29, 1.82) is 0 Å². The van der Waals surface area contributed by atoms with Crippen molar-refractivity contribution >= 4 is 35.6 Å². The third-order valence-electron chi connectivity index (χ3n) is 16.2. The molecule has 0 bridgehead atoms. The molecule has 4 aromatic heterocycles. The first-order valence-electron chi connectivity index (χ1n) is 30.8. The molecule has 0 radical (unpaired) electrons. The fourth-order valence-corrected chi connectivity index (χ4v) is 12.9. The standard InChI is InChI=1S/C19H29N3O4.C15H21N3O4.C13H19N3O2.C7H8N2O2.C7H14O.Na.H/c1-12-9-21(10-13(2)25-12)18(24)17-14-7-6-8-15(14)22(20-17)11-16(23)26-19(3,4)5;1-9-6-17(7-10(2)22-9)15(21)14-11-4-3-5-12(11)18(16-14)8-13(19)20;1-8-6-16(7-9(2)18-8)13(17)12-10-4-3-5-11(10)14-15-12;10-7(11)6-4-2-1-3-5(4)8-9-6;1-6-4-3-5-7(2)8-6;;/h12-13H,6-11H2,1-5H3;9-10H,3-8H2,1-2H3,(H,19,20);8-9H,3-7H2,1-2H3,(H,14,15);1-3H2,(H,8,9)(H,10,11);6-7H,3-5H2,1-2H3;;/q;;;;;+1;-1/t12-,13+;9-,10+;8-,9+;;6-,7+;;. The largest absolute Gasteiger partial charge is 1.00 e. The van der Waals surface area contributed by atoms with Crippen molar-refractivity contribution in [2.24, 2.45) is 0 Å². The Kier molecular flexibility index (Phi) is 23.8. The van der Waals surface area contributed by atoms with Crippen LogP contribution in [0.4, 0.5) is 0 Å². The van der Waals surface area contributed by atoms with Gasteiger partial charge in [-0.25, -0.2) is 4.79 Å². The number of carboxylic acids is 2. The number of ether oxygens (including phenoxy) is 5. The summed E-state index contributed by atoms with van der Waals surface area (Å²) >= 11 is 0. The van der Waals surface area contributed by atoms with E-state index in [1.807, 2.05) is 72.1 Å². The van der Waals surface area contributed by atoms with E-state index >= 15 is 0 Å². The van der Waals surface area contributed by atoms with Gasteiger partial charge in [-0.1, -0.05) is 0 Å². The molecule has 0 saturated carbocycles. The summed E-state index contributed by atoms with van der Waals surface area (Å²) in [6, 6.07) is 0. The third kappa shape index (κ3) is 17.6. The molecule has 4 N–H and O–H groups in total. The Hall–Kier alpha value is -5.50. The van der Waals surface area contributed by atoms with Gasteiger partial charge in [0.15, 0.2) is 22.8 Å². The van der Waals surface area contributed by atoms with Crippen molar-refractivity contribution in [3.05, 3.63) is 67.8 Å². The number of hydrogen-bond acceptors (Lipinski definition) is 15. The first-order valence-corrected chi connectivity index (χ1v) is 30.8. The molecule has 4 aliphatic heterocycles. The number of rotatable bonds is 8. The molecule has 4 fully saturated rings. The molecule has 470 valence electrons. The molecular formula is C61H92N11NaO13. The number of fused-ring (bicyclic) bond motifs is 4. The molecule has 3 amide bonds. The topological polar surface area (TPSA) is 292 Å². The Morgan fingerprint density at radius 1 is 0.488 bits per heavy atom. The summed E-state index contributed by atoms with van der Waals surface area (Å²) in [4.78, 5) is 77.5. The summed E-state index contributed by atoms with van der Waals surface area (Å²) < 4.78 is 31.1. The zero-order valence-electron chi connectivity index (χ0n) is 53.8. The number of H-pyrrole nitrogens is 2. The van der Waals surface area contributed by atoms with Gasteiger partial charge < -0.3 is 50.0 Å². The minimum atomic E-state index is -0.940. The van der Waals surface area contributed by atoms with Gasteiger partial charge in [0, 0.05) is 84.3 Å². The number of aromatic carboxylic acids is 1. The second kappa shape index (κ2) is 30.1. The number of nitrogens with one attached hydrogen (secondary N) is 2. The first-order chi connectivity index (χ1) is 40.3. The fraction of sp³-hybridized carbons (Fsp3) is 0.705. The van der Waals surface area contributed by atoms with E-state index in [-0.39, 0.29) is 110 Å². The van der Waals surface area contributed by atoms with E-state index in [0.29, 0.717) is 68.6 Å². The number of amides is 3. The summed E-state index contributed by atoms with van der Waals surface area (Å²) in [6.45, 7) is 25.1. The molecular weight excluding hydrogens is 1120 g/mol. The van der Waals surface area contributed by atoms with Crippen molar-refractivity contribution in [3.63, 3.8) is 0 Å². The zero-order chi connectivity index (χ0) is 61.4. The maximum atomic E-state index is 13.1. The van der Waals surface area contributed by atoms with Gasteiger partial charge >= 0.3 is 47.5 Å². The minimum absolute atomic E-state index is 0. The van der Waals surface area contributed by atoms with Crippen LogP contribution in [0.5, 0.6) is 0 Å². The van der Waals surface area contributed by atoms with E-state index < -0.39 is 17.5 Å². The van der Waals surface area contributed by atoms with Gasteiger partial charge in [0.25, 0.3) is 17.7 Å². The number of esters is 1. The molecule has 8 aliphatic rings. The predicted molar refractivity (Wildman–Crippen MR) is 313 cm³/mol. The zero-order valence-corrected chi connectivity index (χ0v) is 54.8. The number of aromatic nitrogens is 8. The van der Waals surface area contributed by atoms with Crippen LogP contribution in [0.2, 0.25) is 0 Å². The van der Waals surface area contributed by atoms with E-state index in [1.165, 1.54) is 23.9 Å². The minimum Gasteiger partial charge on any atom is -1.00 e. The van der Waals surface area contributed by atoms with E-state index in [2.05, 4.69) is 44.4 Å². The smallest absolute Gasteiger partial charge is 1.00 e. The average molecular weight is 1210 g/mol. The molecule has 25 heteroatoms. The molecule has 0 spiro atoms. The van der Waals surface area contributed by atoms with Crippen LogP contribution in [0.15, 0.2) is 0 Å². The maximum Gasteiger partial charge on any atom is 1.00 e. The van der Waals surface area contributed by atoms with Gasteiger partial charge in [-0.05, 0) is 172 Å². The quantitative estimate of drug-likeness (QED) is 0.145. The van der Waals surface area contributed by atoms with E-state index in [0.717, 1.165) is 122 Å². The van der Waals surface area contributed by atoms with Gasteiger partial charge in [-0.3, -0.25) is 43.5 Å². The van der Waals surface area contributed by atoms with Crippen LogP contribution >= 0.6 is 0 Å². The molecule has 4 aliphatic carbocycles. The molecule has 12 rings (SSSR count). The van der Waals surface area contributed by atoms with Crippen LogP contribution in [0.1, 0.15) is 210 Å². The number of aliphatic carboxylic acids is 1. The van der Waals surface area contributed by atoms with Gasteiger partial charge in [0.2, 0.25) is 0 Å². The Balaban J connectivity index is 0.000000181. The maximum absolute atomic E-state index is 13.1. The van der Waals surface area contributed by atoms with Gasteiger partial charge in [-0.15, -0.1) is 0 Å². The van der Waals surface area contributed by atoms with Crippen molar-refractivity contribution in [2.45, 2.75) is 240 Å². The number of nitrogens with zero attached hydrogens (tertiary/aromatic N) is 9. The van der Waals surface area contributed by atoms with Crippen molar-refractivity contribution in [3.8, 4) is 0 Å². The molecule has 86 heavy (non-hydrogen) atoms. The molecule has 4 aromatic rings. The second-order valence-corrected chi connectivity index (χ2v) is 25.2. The van der Waals surface area contributed by atoms with Crippen LogP contribution in [0.25, 0.3) is 0 Å². The number of aromatic amines is 2. The third-order valence-corrected chi connectivity index (χ3v) is 16.2. The van der Waals surface area contributed by atoms with Crippen molar-refractivity contribution < 1.29 is 93.6 Å². The number of aryl methyl sites for hydroxylation is 2. The fourth-order valence-electron chi connectivity index (χ4n) is 12.9. The Bertz CT molecular complexity index is 2990. The van der Waals surface area contributed by atoms with Crippen LogP contribution in [0.3, 0.4) is 0 Å². The SMILES string of the molecule is C[C@@H]1CCC[C@H](C)O1.C[C@@H]1CN(C(=O)c2n[nH]c3c2CCC3)C[C@H](C)O1.C[C@@H]1CN(C(=O)c2nn(CC(=O)O)c3c2CCC3)C[C@H](C)O1.C[C@@H]1CN(C(=O)c2nn(CC(=O)OC(C)(C)C)c3c2CCC3)C[C@H](C)O1.O=C(O)c1n[nH]c2c1CCC2.[H-].[Na+]. The van der Waals surface area contributed by atoms with Crippen LogP contribution in [-0.2, 0) is 97.7 Å². The molecule has 24 nitrogen and oxygen atoms in total. The molecule has 8 atom stereocenters. The number of carbonyl (C=O) groups is 6. The predicted octanol–water partition coefficient (Wildman–Crippen LogP) is 3.49. The normalized spacial score (nSPS) is 24.5. The Labute approximate surface area is 528 Å². The summed E-state index contributed by atoms with van der Waals surface area (Å²) in [5, 5.41) is 40.1. The van der Waals surface area contributed by atoms with Gasteiger partial charge in [-0.2, -0.15) is 20.4 Å². The Morgan fingerprint density at radius 3 is 1.21 bits per heavy atom. The van der Waals surface area contributed by atoms with Crippen LogP contribution < -0.4 is 29.6 Å². The summed E-state index contributed by atoms with van der Waals surface area (Å²) in [5.74, 6) is -2.31. The van der Waals surface area contributed by atoms with Crippen molar-refractivity contribution in [2.75, 3.05) is 39.3 Å². The van der Waals surface area contributed by atoms with Gasteiger partial charge in [0.05, 0.1) is 48.8 Å². The van der Waals surface area contributed by atoms with Crippen LogP contribution in [-0.4, -0.2) is 194 Å². The van der Waals surface area contributed by atoms with Crippen molar-refractivity contribution in [1.82, 2.24) is 54.7 Å². The first kappa shape index (κ1) is 68.0. The second-order valence-electron chi connectivity index (χ2n) is 25.2. The summed E-state index contributed by atoms with van der Waals surface area (Å²) in [5.41, 5.74) is 9.21. The average Bonchev–Trinajstić information content (AvgIpc) is 2.17. The van der Waals surface area contributed by atoms with E-state index in [1.54, 1.807) is 9.58 Å². The monoisotopic (exact) mass is 1210 g/mol. The summed E-state index contributed by atoms with van der Waals surface area (Å²) in [7, 11) is 0. The molecule has 0 aromatic carbocycles. The number of carboxylic acid groups (broad SMARTS) is 2. The number of hydrogen-bond donors (Lipinski definition) is 4. The van der Waals surface area contributed by atoms with E-state index in [9.17, 15) is 28.8 Å². The van der Waals surface area contributed by atoms with Gasteiger partial charge in [0.1, 0.15) is 18.7 Å². The molecule has 4 saturated heterocycles. The number of morpholine rings is 3. The molecule has 8 heterocycles. The van der Waals surface area contributed by atoms with E-state index in [4.69, 9.17) is 33.9 Å². The summed E-state index contributed by atoms with van der Waals surface area (Å²) in [6.07, 6.45) is 16.3. The van der Waals surface area contributed by atoms with Crippen LogP contribution in [0, 0.1) is 0 Å². The number of carbonyl (C=O) groups excluding carboxylic acids is 4. The Morgan fingerprint density at radius 2 is 0.837 bits per heavy atom. The molecule has 0 unspecified atom stereocenters.